The standard InChI is InChI=1S/C21H27N3O2/c1-19(2)12-7-10-21(19,4)16(11-12)22-17(25)23-14-5-6-15(24(23)18(22)26)20(3)9-8-13(14)20/h5-6,8-9,12-16H,7,10-11H2,1-4H3/t12-,13-,14-,15-,16-,20+,21+/m1/s1. The molecule has 0 aromatic carbocycles. The molecule has 5 heteroatoms. The number of hydrogen-bond acceptors (Lipinski definition) is 2. The third-order valence-corrected chi connectivity index (χ3v) is 9.52. The lowest BCUT2D eigenvalue weighted by atomic mass is 9.57. The largest absolute Gasteiger partial charge is 0.348 e. The van der Waals surface area contributed by atoms with E-state index in [0.29, 0.717) is 11.8 Å². The highest BCUT2D eigenvalue weighted by Crippen LogP contribution is 2.69. The molecule has 5 nitrogen and oxygen atoms in total. The zero-order valence-electron chi connectivity index (χ0n) is 16.0. The van der Waals surface area contributed by atoms with Gasteiger partial charge in [-0.25, -0.2) is 23.5 Å². The molecule has 26 heavy (non-hydrogen) atoms. The van der Waals surface area contributed by atoms with E-state index in [-0.39, 0.29) is 45.7 Å². The third kappa shape index (κ3) is 1.29. The highest BCUT2D eigenvalue weighted by atomic mass is 16.2. The van der Waals surface area contributed by atoms with Gasteiger partial charge in [0.25, 0.3) is 0 Å². The first-order valence-corrected chi connectivity index (χ1v) is 10.0. The summed E-state index contributed by atoms with van der Waals surface area (Å²) in [5, 5.41) is 0. The summed E-state index contributed by atoms with van der Waals surface area (Å²) in [5.74, 6) is 0.938. The zero-order chi connectivity index (χ0) is 18.2. The van der Waals surface area contributed by atoms with Gasteiger partial charge in [0, 0.05) is 17.4 Å². The predicted octanol–water partition coefficient (Wildman–Crippen LogP) is 3.06. The van der Waals surface area contributed by atoms with Crippen molar-refractivity contribution in [3.8, 4) is 0 Å². The zero-order valence-corrected chi connectivity index (χ0v) is 16.0. The van der Waals surface area contributed by atoms with E-state index in [1.165, 1.54) is 6.42 Å². The molecule has 2 fully saturated rings. The van der Waals surface area contributed by atoms with Crippen LogP contribution in [0.25, 0.3) is 0 Å². The van der Waals surface area contributed by atoms with Crippen LogP contribution in [-0.4, -0.2) is 13.9 Å². The molecule has 0 N–H and O–H groups in total. The highest BCUT2D eigenvalue weighted by molar-refractivity contribution is 5.33. The quantitative estimate of drug-likeness (QED) is 0.729. The molecule has 7 rings (SSSR count). The van der Waals surface area contributed by atoms with E-state index in [4.69, 9.17) is 0 Å². The number of rotatable bonds is 1. The van der Waals surface area contributed by atoms with Crippen molar-refractivity contribution in [2.45, 2.75) is 65.1 Å². The Morgan fingerprint density at radius 3 is 2.31 bits per heavy atom. The molecular weight excluding hydrogens is 326 g/mol. The number of fused-ring (bicyclic) bond motifs is 2. The maximum absolute atomic E-state index is 13.5. The van der Waals surface area contributed by atoms with Gasteiger partial charge in [0.05, 0.1) is 12.1 Å². The fraction of sp³-hybridized carbons (Fsp3) is 0.714. The van der Waals surface area contributed by atoms with Crippen LogP contribution in [0.4, 0.5) is 0 Å². The topological polar surface area (TPSA) is 48.9 Å². The van der Waals surface area contributed by atoms with E-state index in [1.807, 2.05) is 0 Å². The Morgan fingerprint density at radius 2 is 1.73 bits per heavy atom. The Bertz CT molecular complexity index is 1020. The van der Waals surface area contributed by atoms with Crippen molar-refractivity contribution in [2.75, 3.05) is 0 Å². The van der Waals surface area contributed by atoms with Gasteiger partial charge in [-0.3, -0.25) is 0 Å². The molecule has 2 saturated carbocycles. The lowest BCUT2D eigenvalue weighted by Crippen LogP contribution is -2.55. The van der Waals surface area contributed by atoms with Crippen molar-refractivity contribution in [2.24, 2.45) is 28.1 Å². The first kappa shape index (κ1) is 15.3. The second-order valence-electron chi connectivity index (χ2n) is 10.3. The summed E-state index contributed by atoms with van der Waals surface area (Å²) in [6.45, 7) is 9.19. The van der Waals surface area contributed by atoms with Crippen LogP contribution in [0, 0.1) is 28.1 Å². The smallest absolute Gasteiger partial charge is 0.246 e. The van der Waals surface area contributed by atoms with Gasteiger partial charge in [-0.15, -0.1) is 0 Å². The molecule has 6 aliphatic rings. The fourth-order valence-corrected chi connectivity index (χ4v) is 7.24. The van der Waals surface area contributed by atoms with Crippen molar-refractivity contribution < 1.29 is 0 Å². The normalized spacial score (nSPS) is 48.5. The minimum absolute atomic E-state index is 0.0177. The Balaban J connectivity index is 1.57. The first-order chi connectivity index (χ1) is 12.2. The van der Waals surface area contributed by atoms with Gasteiger partial charge in [-0.05, 0) is 36.0 Å². The maximum Gasteiger partial charge on any atom is 0.348 e. The van der Waals surface area contributed by atoms with Crippen molar-refractivity contribution in [3.63, 3.8) is 0 Å². The Hall–Kier alpha value is -1.78. The van der Waals surface area contributed by atoms with Gasteiger partial charge >= 0.3 is 11.4 Å². The molecule has 7 atom stereocenters. The lowest BCUT2D eigenvalue weighted by Gasteiger charge is -2.55. The molecule has 3 heterocycles. The van der Waals surface area contributed by atoms with E-state index in [1.54, 1.807) is 13.9 Å². The number of nitrogens with zero attached hydrogens (tertiary/aromatic N) is 3. The predicted molar refractivity (Wildman–Crippen MR) is 99.2 cm³/mol. The van der Waals surface area contributed by atoms with Gasteiger partial charge < -0.3 is 0 Å². The van der Waals surface area contributed by atoms with Crippen molar-refractivity contribution in [3.05, 3.63) is 45.3 Å². The molecule has 0 spiro atoms. The SMILES string of the molecule is CC1(C)[C@@H]2CC[C@@]1(C)[C@H](n1c(=O)n3n(c1=O)[C@@H]1C=C[C@@H]3[C@H]3C=C[C@@]31C)C2. The van der Waals surface area contributed by atoms with E-state index < -0.39 is 0 Å². The van der Waals surface area contributed by atoms with Crippen LogP contribution in [0.1, 0.15) is 65.1 Å². The number of allylic oxidation sites excluding steroid dienone is 4. The first-order valence-electron chi connectivity index (χ1n) is 10.0. The second-order valence-corrected chi connectivity index (χ2v) is 10.3. The number of hydrogen-bond donors (Lipinski definition) is 0. The van der Waals surface area contributed by atoms with Crippen LogP contribution in [0.5, 0.6) is 0 Å². The Morgan fingerprint density at radius 1 is 1.00 bits per heavy atom. The molecule has 0 amide bonds. The second kappa shape index (κ2) is 4.05. The Labute approximate surface area is 153 Å². The molecule has 4 aliphatic carbocycles. The molecule has 4 bridgehead atoms. The van der Waals surface area contributed by atoms with Gasteiger partial charge in [-0.2, -0.15) is 0 Å². The van der Waals surface area contributed by atoms with Crippen LogP contribution >= 0.6 is 0 Å². The summed E-state index contributed by atoms with van der Waals surface area (Å²) >= 11 is 0. The van der Waals surface area contributed by atoms with E-state index in [2.05, 4.69) is 52.0 Å². The monoisotopic (exact) mass is 353 g/mol. The molecule has 1 aromatic heterocycles. The third-order valence-electron chi connectivity index (χ3n) is 9.52. The maximum atomic E-state index is 13.5. The van der Waals surface area contributed by atoms with Crippen molar-refractivity contribution >= 4 is 0 Å². The molecule has 0 unspecified atom stereocenters. The van der Waals surface area contributed by atoms with Crippen LogP contribution in [0.15, 0.2) is 33.9 Å². The van der Waals surface area contributed by atoms with Crippen LogP contribution in [-0.2, 0) is 0 Å². The Kier molecular flexibility index (Phi) is 2.38. The molecule has 0 saturated heterocycles. The van der Waals surface area contributed by atoms with E-state index >= 15 is 0 Å². The fourth-order valence-electron chi connectivity index (χ4n) is 7.24. The van der Waals surface area contributed by atoms with Gasteiger partial charge in [0.1, 0.15) is 0 Å². The summed E-state index contributed by atoms with van der Waals surface area (Å²) < 4.78 is 5.18. The van der Waals surface area contributed by atoms with Crippen LogP contribution < -0.4 is 11.4 Å². The van der Waals surface area contributed by atoms with E-state index in [0.717, 1.165) is 12.8 Å². The van der Waals surface area contributed by atoms with Crippen LogP contribution in [0.2, 0.25) is 0 Å². The molecular formula is C21H27N3O2. The number of aromatic nitrogens is 3. The minimum atomic E-state index is -0.0936. The van der Waals surface area contributed by atoms with Crippen molar-refractivity contribution in [1.29, 1.82) is 0 Å². The molecule has 138 valence electrons. The average molecular weight is 353 g/mol. The average Bonchev–Trinajstić information content (AvgIpc) is 3.04. The summed E-state index contributed by atoms with van der Waals surface area (Å²) in [4.78, 5) is 27.0. The summed E-state index contributed by atoms with van der Waals surface area (Å²) in [5.41, 5.74) is -0.0119. The van der Waals surface area contributed by atoms with Gasteiger partial charge in [0.15, 0.2) is 0 Å². The molecule has 2 aliphatic heterocycles. The van der Waals surface area contributed by atoms with Gasteiger partial charge in [0.2, 0.25) is 0 Å². The summed E-state index contributed by atoms with van der Waals surface area (Å²) in [6, 6.07) is -0.0288. The minimum Gasteiger partial charge on any atom is -0.246 e. The highest BCUT2D eigenvalue weighted by Gasteiger charge is 2.63. The molecule has 1 aromatic rings. The van der Waals surface area contributed by atoms with Crippen molar-refractivity contribution in [1.82, 2.24) is 13.9 Å². The summed E-state index contributed by atoms with van der Waals surface area (Å²) in [6.07, 6.45) is 12.0. The van der Waals surface area contributed by atoms with Gasteiger partial charge in [-0.1, -0.05) is 52.0 Å². The lowest BCUT2D eigenvalue weighted by molar-refractivity contribution is 0.0553. The summed E-state index contributed by atoms with van der Waals surface area (Å²) in [7, 11) is 0. The molecule has 0 radical (unpaired) electrons. The van der Waals surface area contributed by atoms with E-state index in [9.17, 15) is 9.59 Å². The van der Waals surface area contributed by atoms with Crippen LogP contribution in [0.3, 0.4) is 0 Å².